The predicted octanol–water partition coefficient (Wildman–Crippen LogP) is 2.18. The van der Waals surface area contributed by atoms with Gasteiger partial charge in [0.2, 0.25) is 5.52 Å². The van der Waals surface area contributed by atoms with E-state index in [0.29, 0.717) is 17.7 Å². The number of nitro groups is 1. The van der Waals surface area contributed by atoms with Crippen LogP contribution in [0, 0.1) is 10.1 Å². The number of hydrogen-bond acceptors (Lipinski definition) is 7. The summed E-state index contributed by atoms with van der Waals surface area (Å²) in [5.74, 6) is 0. The summed E-state index contributed by atoms with van der Waals surface area (Å²) in [5, 5.41) is 21.4. The molecule has 106 valence electrons. The summed E-state index contributed by atoms with van der Waals surface area (Å²) in [6, 6.07) is 6.87. The Morgan fingerprint density at radius 3 is 2.67 bits per heavy atom. The molecular weight excluding hydrogens is 274 g/mol. The molecule has 0 spiro atoms. The lowest BCUT2D eigenvalue weighted by Crippen LogP contribution is -2.05. The normalized spacial score (nSPS) is 10.7. The summed E-state index contributed by atoms with van der Waals surface area (Å²) in [6.07, 6.45) is 4.27. The second kappa shape index (κ2) is 5.53. The summed E-state index contributed by atoms with van der Waals surface area (Å²) in [7, 11) is 0. The highest BCUT2D eigenvalue weighted by molar-refractivity contribution is 5.93. The summed E-state index contributed by atoms with van der Waals surface area (Å²) >= 11 is 0. The zero-order valence-electron chi connectivity index (χ0n) is 10.9. The number of nitrogens with zero attached hydrogens (tertiary/aromatic N) is 4. The van der Waals surface area contributed by atoms with Crippen LogP contribution in [-0.2, 0) is 6.42 Å². The fourth-order valence-corrected chi connectivity index (χ4v) is 2.03. The fourth-order valence-electron chi connectivity index (χ4n) is 2.03. The van der Waals surface area contributed by atoms with Crippen LogP contribution in [-0.4, -0.2) is 26.8 Å². The van der Waals surface area contributed by atoms with Gasteiger partial charge in [-0.05, 0) is 40.5 Å². The standard InChI is InChI=1S/C13H11N5O3/c19-18(20)11-2-1-10(12-13(11)17-21-16-12)15-8-5-9-3-6-14-7-4-9/h1-4,6-7,15H,5,8H2. The predicted molar refractivity (Wildman–Crippen MR) is 74.9 cm³/mol. The number of anilines is 1. The number of aromatic nitrogens is 3. The first-order valence-electron chi connectivity index (χ1n) is 6.28. The second-order valence-electron chi connectivity index (χ2n) is 4.38. The van der Waals surface area contributed by atoms with Gasteiger partial charge in [-0.3, -0.25) is 15.1 Å². The van der Waals surface area contributed by atoms with Crippen LogP contribution in [0.2, 0.25) is 0 Å². The first kappa shape index (κ1) is 13.0. The number of pyridine rings is 1. The maximum Gasteiger partial charge on any atom is 0.300 e. The fraction of sp³-hybridized carbons (Fsp3) is 0.154. The van der Waals surface area contributed by atoms with Gasteiger partial charge in [-0.15, -0.1) is 0 Å². The molecule has 3 rings (SSSR count). The number of rotatable bonds is 5. The minimum atomic E-state index is -0.507. The summed E-state index contributed by atoms with van der Waals surface area (Å²) in [4.78, 5) is 14.3. The lowest BCUT2D eigenvalue weighted by atomic mass is 10.2. The third-order valence-corrected chi connectivity index (χ3v) is 3.07. The van der Waals surface area contributed by atoms with E-state index >= 15 is 0 Å². The number of nitrogens with one attached hydrogen (secondary N) is 1. The van der Waals surface area contributed by atoms with Crippen molar-refractivity contribution in [2.45, 2.75) is 6.42 Å². The average molecular weight is 285 g/mol. The van der Waals surface area contributed by atoms with Crippen LogP contribution < -0.4 is 5.32 Å². The molecule has 0 unspecified atom stereocenters. The lowest BCUT2D eigenvalue weighted by molar-refractivity contribution is -0.383. The van der Waals surface area contributed by atoms with Crippen molar-refractivity contribution in [3.63, 3.8) is 0 Å². The van der Waals surface area contributed by atoms with Crippen molar-refractivity contribution in [2.75, 3.05) is 11.9 Å². The van der Waals surface area contributed by atoms with Crippen LogP contribution in [0.5, 0.6) is 0 Å². The molecule has 0 aliphatic rings. The highest BCUT2D eigenvalue weighted by Crippen LogP contribution is 2.28. The molecule has 0 atom stereocenters. The third-order valence-electron chi connectivity index (χ3n) is 3.07. The third kappa shape index (κ3) is 2.64. The largest absolute Gasteiger partial charge is 0.383 e. The molecule has 8 nitrogen and oxygen atoms in total. The van der Waals surface area contributed by atoms with E-state index in [1.165, 1.54) is 6.07 Å². The molecule has 8 heteroatoms. The minimum absolute atomic E-state index is 0.120. The number of benzene rings is 1. The van der Waals surface area contributed by atoms with Crippen molar-refractivity contribution in [3.05, 3.63) is 52.3 Å². The quantitative estimate of drug-likeness (QED) is 0.565. The van der Waals surface area contributed by atoms with Crippen LogP contribution in [0.1, 0.15) is 5.56 Å². The van der Waals surface area contributed by atoms with Crippen LogP contribution in [0.25, 0.3) is 11.0 Å². The Bertz CT molecular complexity index is 772. The molecule has 21 heavy (non-hydrogen) atoms. The number of hydrogen-bond donors (Lipinski definition) is 1. The van der Waals surface area contributed by atoms with Crippen molar-refractivity contribution in [2.24, 2.45) is 0 Å². The van der Waals surface area contributed by atoms with E-state index in [1.807, 2.05) is 12.1 Å². The van der Waals surface area contributed by atoms with Gasteiger partial charge in [0.15, 0.2) is 5.52 Å². The molecule has 1 aromatic carbocycles. The molecule has 2 aromatic heterocycles. The Kier molecular flexibility index (Phi) is 3.42. The van der Waals surface area contributed by atoms with Gasteiger partial charge in [-0.25, -0.2) is 4.63 Å². The Morgan fingerprint density at radius 1 is 1.14 bits per heavy atom. The van der Waals surface area contributed by atoms with E-state index in [1.54, 1.807) is 18.5 Å². The Morgan fingerprint density at radius 2 is 1.90 bits per heavy atom. The van der Waals surface area contributed by atoms with E-state index in [0.717, 1.165) is 12.0 Å². The van der Waals surface area contributed by atoms with Crippen LogP contribution in [0.3, 0.4) is 0 Å². The Balaban J connectivity index is 1.77. The van der Waals surface area contributed by atoms with Crippen LogP contribution >= 0.6 is 0 Å². The van der Waals surface area contributed by atoms with E-state index in [2.05, 4.69) is 25.2 Å². The molecular formula is C13H11N5O3. The highest BCUT2D eigenvalue weighted by atomic mass is 16.6. The van der Waals surface area contributed by atoms with Crippen molar-refractivity contribution in [1.29, 1.82) is 0 Å². The van der Waals surface area contributed by atoms with Gasteiger partial charge in [0.05, 0.1) is 10.6 Å². The molecule has 3 aromatic rings. The number of non-ortho nitro benzene ring substituents is 1. The van der Waals surface area contributed by atoms with Gasteiger partial charge in [-0.1, -0.05) is 0 Å². The summed E-state index contributed by atoms with van der Waals surface area (Å²) in [5.41, 5.74) is 2.19. The molecule has 0 radical (unpaired) electrons. The molecule has 0 saturated carbocycles. The zero-order valence-corrected chi connectivity index (χ0v) is 10.9. The smallest absolute Gasteiger partial charge is 0.300 e. The number of fused-ring (bicyclic) bond motifs is 1. The van der Waals surface area contributed by atoms with E-state index < -0.39 is 4.92 Å². The van der Waals surface area contributed by atoms with Gasteiger partial charge in [0, 0.05) is 25.0 Å². The lowest BCUT2D eigenvalue weighted by Gasteiger charge is -2.06. The van der Waals surface area contributed by atoms with E-state index in [9.17, 15) is 10.1 Å². The summed E-state index contributed by atoms with van der Waals surface area (Å²) < 4.78 is 4.61. The van der Waals surface area contributed by atoms with Gasteiger partial charge in [0.1, 0.15) is 0 Å². The maximum atomic E-state index is 10.9. The minimum Gasteiger partial charge on any atom is -0.383 e. The van der Waals surface area contributed by atoms with Crippen LogP contribution in [0.4, 0.5) is 11.4 Å². The monoisotopic (exact) mass is 285 g/mol. The first-order valence-corrected chi connectivity index (χ1v) is 6.28. The molecule has 0 bridgehead atoms. The highest BCUT2D eigenvalue weighted by Gasteiger charge is 2.19. The molecule has 2 heterocycles. The van der Waals surface area contributed by atoms with Crippen LogP contribution in [0.15, 0.2) is 41.3 Å². The molecule has 0 saturated heterocycles. The van der Waals surface area contributed by atoms with Gasteiger partial charge in [-0.2, -0.15) is 0 Å². The average Bonchev–Trinajstić information content (AvgIpc) is 2.98. The zero-order chi connectivity index (χ0) is 14.7. The topological polar surface area (TPSA) is 107 Å². The van der Waals surface area contributed by atoms with Gasteiger partial charge < -0.3 is 5.32 Å². The van der Waals surface area contributed by atoms with Crippen molar-refractivity contribution in [3.8, 4) is 0 Å². The number of nitro benzene ring substituents is 1. The van der Waals surface area contributed by atoms with E-state index in [-0.39, 0.29) is 11.2 Å². The molecule has 0 amide bonds. The Labute approximate surface area is 118 Å². The van der Waals surface area contributed by atoms with E-state index in [4.69, 9.17) is 0 Å². The van der Waals surface area contributed by atoms with Crippen molar-refractivity contribution < 1.29 is 9.55 Å². The maximum absolute atomic E-state index is 10.9. The molecule has 0 aliphatic carbocycles. The SMILES string of the molecule is O=[N+]([O-])c1ccc(NCCc2ccncc2)c2nonc12. The molecule has 0 fully saturated rings. The second-order valence-corrected chi connectivity index (χ2v) is 4.38. The summed E-state index contributed by atoms with van der Waals surface area (Å²) in [6.45, 7) is 0.657. The van der Waals surface area contributed by atoms with Crippen molar-refractivity contribution in [1.82, 2.24) is 15.3 Å². The first-order chi connectivity index (χ1) is 10.3. The molecule has 0 aliphatic heterocycles. The van der Waals surface area contributed by atoms with Gasteiger partial charge in [0.25, 0.3) is 0 Å². The van der Waals surface area contributed by atoms with Crippen molar-refractivity contribution >= 4 is 22.4 Å². The molecule has 1 N–H and O–H groups in total. The van der Waals surface area contributed by atoms with Gasteiger partial charge >= 0.3 is 5.69 Å². The Hall–Kier alpha value is -3.03.